The average Bonchev–Trinajstić information content (AvgIpc) is 2.66. The molecular weight excluding hydrogens is 358 g/mol. The number of methoxy groups -OCH3 is 1. The molecular formula is C19H20ClNO5. The Morgan fingerprint density at radius 1 is 1.08 bits per heavy atom. The second-order valence-electron chi connectivity index (χ2n) is 5.30. The summed E-state index contributed by atoms with van der Waals surface area (Å²) >= 11 is 6.10. The van der Waals surface area contributed by atoms with Gasteiger partial charge in [-0.1, -0.05) is 41.9 Å². The maximum Gasteiger partial charge on any atom is 0.342 e. The summed E-state index contributed by atoms with van der Waals surface area (Å²) in [7, 11) is 1.53. The maximum atomic E-state index is 12.2. The van der Waals surface area contributed by atoms with Crippen LogP contribution in [0.5, 0.6) is 5.75 Å². The van der Waals surface area contributed by atoms with E-state index in [0.29, 0.717) is 23.9 Å². The highest BCUT2D eigenvalue weighted by Crippen LogP contribution is 2.22. The van der Waals surface area contributed by atoms with Crippen LogP contribution in [0.4, 0.5) is 0 Å². The Hall–Kier alpha value is -2.57. The molecule has 0 aromatic heterocycles. The highest BCUT2D eigenvalue weighted by atomic mass is 35.5. The smallest absolute Gasteiger partial charge is 0.342 e. The molecule has 0 fully saturated rings. The van der Waals surface area contributed by atoms with Crippen LogP contribution in [0.15, 0.2) is 48.5 Å². The molecule has 0 unspecified atom stereocenters. The Kier molecular flexibility index (Phi) is 7.92. The van der Waals surface area contributed by atoms with E-state index in [2.05, 4.69) is 5.32 Å². The third-order valence-electron chi connectivity index (χ3n) is 3.41. The van der Waals surface area contributed by atoms with Crippen molar-refractivity contribution in [2.75, 3.05) is 26.9 Å². The zero-order chi connectivity index (χ0) is 18.8. The second kappa shape index (κ2) is 10.4. The molecule has 1 amide bonds. The second-order valence-corrected chi connectivity index (χ2v) is 5.70. The fraction of sp³-hybridized carbons (Fsp3) is 0.263. The van der Waals surface area contributed by atoms with E-state index in [4.69, 9.17) is 25.8 Å². The van der Waals surface area contributed by atoms with Gasteiger partial charge in [0.1, 0.15) is 17.9 Å². The lowest BCUT2D eigenvalue weighted by atomic mass is 10.2. The van der Waals surface area contributed by atoms with Crippen LogP contribution < -0.4 is 10.1 Å². The molecule has 7 heteroatoms. The fourth-order valence-corrected chi connectivity index (χ4v) is 2.27. The van der Waals surface area contributed by atoms with Crippen LogP contribution in [-0.4, -0.2) is 38.7 Å². The number of hydrogen-bond acceptors (Lipinski definition) is 5. The van der Waals surface area contributed by atoms with E-state index in [0.717, 1.165) is 5.56 Å². The summed E-state index contributed by atoms with van der Waals surface area (Å²) in [6.45, 7) is 0.575. The number of nitrogens with one attached hydrogen (secondary N) is 1. The van der Waals surface area contributed by atoms with Gasteiger partial charge in [0.05, 0.1) is 6.61 Å². The van der Waals surface area contributed by atoms with Crippen LogP contribution in [0.2, 0.25) is 5.02 Å². The number of para-hydroxylation sites is 1. The molecule has 0 radical (unpaired) electrons. The third kappa shape index (κ3) is 6.06. The number of benzene rings is 2. The monoisotopic (exact) mass is 377 g/mol. The molecule has 2 aromatic rings. The van der Waals surface area contributed by atoms with Crippen molar-refractivity contribution in [2.24, 2.45) is 0 Å². The number of carbonyl (C=O) groups is 2. The maximum absolute atomic E-state index is 12.2. The highest BCUT2D eigenvalue weighted by Gasteiger charge is 2.15. The number of halogens is 1. The molecule has 0 saturated carbocycles. The molecule has 0 aliphatic heterocycles. The van der Waals surface area contributed by atoms with Gasteiger partial charge in [0.2, 0.25) is 0 Å². The Bertz CT molecular complexity index is 750. The highest BCUT2D eigenvalue weighted by molar-refractivity contribution is 6.31. The summed E-state index contributed by atoms with van der Waals surface area (Å²) < 4.78 is 15.6. The van der Waals surface area contributed by atoms with E-state index >= 15 is 0 Å². The normalized spacial score (nSPS) is 10.2. The van der Waals surface area contributed by atoms with E-state index in [1.165, 1.54) is 7.11 Å². The van der Waals surface area contributed by atoms with Gasteiger partial charge in [0, 0.05) is 24.2 Å². The van der Waals surface area contributed by atoms with Gasteiger partial charge < -0.3 is 19.5 Å². The zero-order valence-corrected chi connectivity index (χ0v) is 15.1. The van der Waals surface area contributed by atoms with Crippen LogP contribution in [0.3, 0.4) is 0 Å². The standard InChI is InChI=1S/C19H20ClNO5/c1-24-11-10-21-18(22)13-26-19(23)15-7-3-5-9-17(15)25-12-14-6-2-4-8-16(14)20/h2-9H,10-13H2,1H3,(H,21,22). The first kappa shape index (κ1) is 19.8. The van der Waals surface area contributed by atoms with Crippen LogP contribution in [-0.2, 0) is 20.9 Å². The van der Waals surface area contributed by atoms with Gasteiger partial charge >= 0.3 is 5.97 Å². The first-order valence-corrected chi connectivity index (χ1v) is 8.37. The summed E-state index contributed by atoms with van der Waals surface area (Å²) in [4.78, 5) is 23.8. The topological polar surface area (TPSA) is 73.9 Å². The van der Waals surface area contributed by atoms with Gasteiger partial charge in [-0.15, -0.1) is 0 Å². The predicted octanol–water partition coefficient (Wildman–Crippen LogP) is 2.84. The van der Waals surface area contributed by atoms with E-state index < -0.39 is 11.9 Å². The first-order valence-electron chi connectivity index (χ1n) is 8.00. The lowest BCUT2D eigenvalue weighted by Crippen LogP contribution is -2.31. The lowest BCUT2D eigenvalue weighted by Gasteiger charge is -2.12. The van der Waals surface area contributed by atoms with Crippen LogP contribution in [0, 0.1) is 0 Å². The summed E-state index contributed by atoms with van der Waals surface area (Å²) in [5, 5.41) is 3.15. The fourth-order valence-electron chi connectivity index (χ4n) is 2.08. The Morgan fingerprint density at radius 2 is 1.81 bits per heavy atom. The molecule has 0 heterocycles. The Morgan fingerprint density at radius 3 is 2.58 bits per heavy atom. The Labute approximate surface area is 157 Å². The molecule has 0 aliphatic carbocycles. The summed E-state index contributed by atoms with van der Waals surface area (Å²) in [6.07, 6.45) is 0. The molecule has 0 spiro atoms. The van der Waals surface area contributed by atoms with E-state index in [9.17, 15) is 9.59 Å². The van der Waals surface area contributed by atoms with Crippen molar-refractivity contribution in [3.63, 3.8) is 0 Å². The summed E-state index contributed by atoms with van der Waals surface area (Å²) in [5.74, 6) is -0.677. The number of rotatable bonds is 9. The SMILES string of the molecule is COCCNC(=O)COC(=O)c1ccccc1OCc1ccccc1Cl. The molecule has 26 heavy (non-hydrogen) atoms. The van der Waals surface area contributed by atoms with Crippen molar-refractivity contribution in [3.05, 3.63) is 64.7 Å². The van der Waals surface area contributed by atoms with Crippen LogP contribution in [0.25, 0.3) is 0 Å². The molecule has 2 aromatic carbocycles. The number of hydrogen-bond donors (Lipinski definition) is 1. The average molecular weight is 378 g/mol. The predicted molar refractivity (Wildman–Crippen MR) is 97.4 cm³/mol. The van der Waals surface area contributed by atoms with Gasteiger partial charge in [-0.2, -0.15) is 0 Å². The molecule has 0 bridgehead atoms. The van der Waals surface area contributed by atoms with Crippen molar-refractivity contribution < 1.29 is 23.8 Å². The number of carbonyl (C=O) groups excluding carboxylic acids is 2. The van der Waals surface area contributed by atoms with Gasteiger partial charge in [-0.25, -0.2) is 4.79 Å². The number of amides is 1. The lowest BCUT2D eigenvalue weighted by molar-refractivity contribution is -0.124. The number of esters is 1. The summed E-state index contributed by atoms with van der Waals surface area (Å²) in [5.41, 5.74) is 1.04. The Balaban J connectivity index is 1.94. The van der Waals surface area contributed by atoms with Gasteiger partial charge in [-0.05, 0) is 18.2 Å². The minimum absolute atomic E-state index is 0.210. The molecule has 0 saturated heterocycles. The molecule has 0 atom stereocenters. The van der Waals surface area contributed by atoms with E-state index in [-0.39, 0.29) is 18.8 Å². The van der Waals surface area contributed by atoms with Crippen molar-refractivity contribution in [2.45, 2.75) is 6.61 Å². The molecule has 0 aliphatic rings. The third-order valence-corrected chi connectivity index (χ3v) is 3.78. The largest absolute Gasteiger partial charge is 0.488 e. The molecule has 2 rings (SSSR count). The first-order chi connectivity index (χ1) is 12.6. The zero-order valence-electron chi connectivity index (χ0n) is 14.4. The van der Waals surface area contributed by atoms with Crippen LogP contribution in [0.1, 0.15) is 15.9 Å². The molecule has 1 N–H and O–H groups in total. The van der Waals surface area contributed by atoms with Crippen molar-refractivity contribution in [3.8, 4) is 5.75 Å². The molecule has 6 nitrogen and oxygen atoms in total. The van der Waals surface area contributed by atoms with Crippen molar-refractivity contribution >= 4 is 23.5 Å². The van der Waals surface area contributed by atoms with Gasteiger partial charge in [-0.3, -0.25) is 4.79 Å². The number of ether oxygens (including phenoxy) is 3. The van der Waals surface area contributed by atoms with Crippen LogP contribution >= 0.6 is 11.6 Å². The van der Waals surface area contributed by atoms with E-state index in [1.807, 2.05) is 18.2 Å². The van der Waals surface area contributed by atoms with Gasteiger partial charge in [0.15, 0.2) is 6.61 Å². The summed E-state index contributed by atoms with van der Waals surface area (Å²) in [6, 6.07) is 14.0. The minimum atomic E-state index is -0.637. The van der Waals surface area contributed by atoms with E-state index in [1.54, 1.807) is 30.3 Å². The molecule has 138 valence electrons. The van der Waals surface area contributed by atoms with Crippen molar-refractivity contribution in [1.29, 1.82) is 0 Å². The van der Waals surface area contributed by atoms with Gasteiger partial charge in [0.25, 0.3) is 5.91 Å². The quantitative estimate of drug-likeness (QED) is 0.537. The van der Waals surface area contributed by atoms with Crippen molar-refractivity contribution in [1.82, 2.24) is 5.32 Å². The minimum Gasteiger partial charge on any atom is -0.488 e.